The van der Waals surface area contributed by atoms with Crippen molar-refractivity contribution in [2.75, 3.05) is 13.7 Å². The van der Waals surface area contributed by atoms with E-state index in [0.29, 0.717) is 5.92 Å². The molecule has 0 aliphatic heterocycles. The van der Waals surface area contributed by atoms with E-state index in [0.717, 1.165) is 23.5 Å². The van der Waals surface area contributed by atoms with Crippen LogP contribution in [0.25, 0.3) is 0 Å². The smallest absolute Gasteiger partial charge is 0.305 e. The number of carboxylic acid groups (broad SMARTS) is 1. The lowest BCUT2D eigenvalue weighted by atomic mass is 9.98. The van der Waals surface area contributed by atoms with Crippen molar-refractivity contribution in [3.05, 3.63) is 17.0 Å². The molecule has 1 heterocycles. The van der Waals surface area contributed by atoms with Crippen molar-refractivity contribution in [1.29, 1.82) is 0 Å². The zero-order valence-electron chi connectivity index (χ0n) is 15.5. The average Bonchev–Trinajstić information content (AvgIpc) is 2.64. The molecule has 0 saturated heterocycles. The van der Waals surface area contributed by atoms with Crippen molar-refractivity contribution < 1.29 is 19.4 Å². The average molecular weight is 339 g/mol. The van der Waals surface area contributed by atoms with E-state index >= 15 is 0 Å². The minimum atomic E-state index is -0.980. The van der Waals surface area contributed by atoms with Crippen molar-refractivity contribution in [3.8, 4) is 0 Å². The van der Waals surface area contributed by atoms with Crippen molar-refractivity contribution in [2.24, 2.45) is 5.92 Å². The molecule has 0 aliphatic carbocycles. The lowest BCUT2D eigenvalue weighted by Gasteiger charge is -2.28. The molecule has 1 rings (SSSR count). The SMILES string of the molecule is COCC(C)(CC(=O)O)NC(=O)Cc1c(C)nn(CC(C)C)c1C. The van der Waals surface area contributed by atoms with Crippen molar-refractivity contribution >= 4 is 11.9 Å². The summed E-state index contributed by atoms with van der Waals surface area (Å²) in [5.41, 5.74) is 1.76. The fraction of sp³-hybridized carbons (Fsp3) is 0.706. The number of aryl methyl sites for hydroxylation is 1. The molecule has 0 saturated carbocycles. The Morgan fingerprint density at radius 1 is 1.38 bits per heavy atom. The molecule has 1 unspecified atom stereocenters. The second-order valence-electron chi connectivity index (χ2n) is 7.01. The molecule has 1 atom stereocenters. The summed E-state index contributed by atoms with van der Waals surface area (Å²) >= 11 is 0. The zero-order valence-corrected chi connectivity index (χ0v) is 15.5. The van der Waals surface area contributed by atoms with Crippen LogP contribution in [0.4, 0.5) is 0 Å². The van der Waals surface area contributed by atoms with Crippen LogP contribution in [-0.2, 0) is 27.3 Å². The Morgan fingerprint density at radius 2 is 2.00 bits per heavy atom. The molecule has 136 valence electrons. The molecule has 0 fully saturated rings. The molecular weight excluding hydrogens is 310 g/mol. The largest absolute Gasteiger partial charge is 0.481 e. The van der Waals surface area contributed by atoms with Gasteiger partial charge in [-0.1, -0.05) is 13.8 Å². The Labute approximate surface area is 143 Å². The van der Waals surface area contributed by atoms with Gasteiger partial charge in [-0.15, -0.1) is 0 Å². The molecule has 24 heavy (non-hydrogen) atoms. The molecule has 0 radical (unpaired) electrons. The summed E-state index contributed by atoms with van der Waals surface area (Å²) in [5.74, 6) is -0.747. The predicted molar refractivity (Wildman–Crippen MR) is 90.9 cm³/mol. The van der Waals surface area contributed by atoms with Crippen LogP contribution >= 0.6 is 0 Å². The summed E-state index contributed by atoms with van der Waals surface area (Å²) in [4.78, 5) is 23.4. The highest BCUT2D eigenvalue weighted by molar-refractivity contribution is 5.81. The topological polar surface area (TPSA) is 93.4 Å². The standard InChI is InChI=1S/C17H29N3O4/c1-11(2)9-20-13(4)14(12(3)19-20)7-15(21)18-17(5,10-24-6)8-16(22)23/h11H,7-10H2,1-6H3,(H,18,21)(H,22,23). The Hall–Kier alpha value is -1.89. The van der Waals surface area contributed by atoms with Crippen molar-refractivity contribution in [3.63, 3.8) is 0 Å². The van der Waals surface area contributed by atoms with E-state index in [1.807, 2.05) is 18.5 Å². The normalized spacial score (nSPS) is 13.8. The van der Waals surface area contributed by atoms with E-state index in [2.05, 4.69) is 24.3 Å². The van der Waals surface area contributed by atoms with E-state index in [9.17, 15) is 9.59 Å². The highest BCUT2D eigenvalue weighted by Crippen LogP contribution is 2.17. The van der Waals surface area contributed by atoms with Gasteiger partial charge in [-0.2, -0.15) is 5.10 Å². The number of hydrogen-bond donors (Lipinski definition) is 2. The molecule has 0 spiro atoms. The van der Waals surface area contributed by atoms with Gasteiger partial charge in [0.1, 0.15) is 0 Å². The lowest BCUT2D eigenvalue weighted by molar-refractivity contribution is -0.139. The summed E-state index contributed by atoms with van der Waals surface area (Å²) in [5, 5.41) is 16.3. The van der Waals surface area contributed by atoms with Gasteiger partial charge in [0, 0.05) is 24.9 Å². The summed E-state index contributed by atoms with van der Waals surface area (Å²) in [6.07, 6.45) is -0.0220. The Morgan fingerprint density at radius 3 is 2.50 bits per heavy atom. The molecule has 0 aliphatic rings. The third-order valence-corrected chi connectivity index (χ3v) is 3.85. The molecule has 1 aromatic heterocycles. The number of aromatic nitrogens is 2. The first-order valence-electron chi connectivity index (χ1n) is 8.12. The number of rotatable bonds is 9. The number of amides is 1. The minimum Gasteiger partial charge on any atom is -0.481 e. The molecule has 7 heteroatoms. The Bertz CT molecular complexity index is 595. The highest BCUT2D eigenvalue weighted by Gasteiger charge is 2.30. The maximum atomic E-state index is 12.4. The third-order valence-electron chi connectivity index (χ3n) is 3.85. The zero-order chi connectivity index (χ0) is 18.5. The maximum Gasteiger partial charge on any atom is 0.305 e. The predicted octanol–water partition coefficient (Wildman–Crippen LogP) is 1.69. The maximum absolute atomic E-state index is 12.4. The van der Waals surface area contributed by atoms with Crippen LogP contribution in [-0.4, -0.2) is 46.0 Å². The van der Waals surface area contributed by atoms with E-state index in [1.54, 1.807) is 6.92 Å². The van der Waals surface area contributed by atoms with E-state index in [1.165, 1.54) is 7.11 Å². The second kappa shape index (κ2) is 8.28. The van der Waals surface area contributed by atoms with Gasteiger partial charge in [0.05, 0.1) is 30.7 Å². The Balaban J connectivity index is 2.87. The van der Waals surface area contributed by atoms with Crippen LogP contribution in [0, 0.1) is 19.8 Å². The van der Waals surface area contributed by atoms with E-state index in [-0.39, 0.29) is 25.4 Å². The summed E-state index contributed by atoms with van der Waals surface area (Å²) in [6.45, 7) is 10.7. The molecule has 1 amide bonds. The van der Waals surface area contributed by atoms with Crippen LogP contribution in [0.2, 0.25) is 0 Å². The first-order chi connectivity index (χ1) is 11.1. The first-order valence-corrected chi connectivity index (χ1v) is 8.12. The van der Waals surface area contributed by atoms with Gasteiger partial charge in [0.25, 0.3) is 0 Å². The van der Waals surface area contributed by atoms with Gasteiger partial charge in [0.15, 0.2) is 0 Å². The number of methoxy groups -OCH3 is 1. The van der Waals surface area contributed by atoms with Crippen molar-refractivity contribution in [2.45, 2.75) is 59.5 Å². The quantitative estimate of drug-likeness (QED) is 0.714. The van der Waals surface area contributed by atoms with Gasteiger partial charge >= 0.3 is 5.97 Å². The number of carboxylic acids is 1. The monoisotopic (exact) mass is 339 g/mol. The van der Waals surface area contributed by atoms with Gasteiger partial charge in [-0.3, -0.25) is 14.3 Å². The van der Waals surface area contributed by atoms with Crippen LogP contribution < -0.4 is 5.32 Å². The number of carbonyl (C=O) groups is 2. The first kappa shape index (κ1) is 20.2. The number of nitrogens with zero attached hydrogens (tertiary/aromatic N) is 2. The second-order valence-corrected chi connectivity index (χ2v) is 7.01. The summed E-state index contributed by atoms with van der Waals surface area (Å²) in [6, 6.07) is 0. The molecule has 0 aromatic carbocycles. The fourth-order valence-corrected chi connectivity index (χ4v) is 2.84. The lowest BCUT2D eigenvalue weighted by Crippen LogP contribution is -2.51. The highest BCUT2D eigenvalue weighted by atomic mass is 16.5. The number of aliphatic carboxylic acids is 1. The summed E-state index contributed by atoms with van der Waals surface area (Å²) < 4.78 is 6.98. The van der Waals surface area contributed by atoms with E-state index in [4.69, 9.17) is 9.84 Å². The number of ether oxygens (including phenoxy) is 1. The molecule has 2 N–H and O–H groups in total. The number of hydrogen-bond acceptors (Lipinski definition) is 4. The molecule has 1 aromatic rings. The van der Waals surface area contributed by atoms with Crippen LogP contribution in [0.5, 0.6) is 0 Å². The minimum absolute atomic E-state index is 0.135. The van der Waals surface area contributed by atoms with Crippen molar-refractivity contribution in [1.82, 2.24) is 15.1 Å². The fourth-order valence-electron chi connectivity index (χ4n) is 2.84. The van der Waals surface area contributed by atoms with Gasteiger partial charge in [-0.05, 0) is 26.7 Å². The molecule has 0 bridgehead atoms. The molecular formula is C17H29N3O4. The number of carbonyl (C=O) groups excluding carboxylic acids is 1. The number of nitrogens with one attached hydrogen (secondary N) is 1. The van der Waals surface area contributed by atoms with Crippen LogP contribution in [0.3, 0.4) is 0 Å². The van der Waals surface area contributed by atoms with E-state index < -0.39 is 11.5 Å². The Kier molecular flexibility index (Phi) is 6.95. The molecule has 7 nitrogen and oxygen atoms in total. The summed E-state index contributed by atoms with van der Waals surface area (Å²) in [7, 11) is 1.48. The van der Waals surface area contributed by atoms with Crippen LogP contribution in [0.15, 0.2) is 0 Å². The van der Waals surface area contributed by atoms with Gasteiger partial charge < -0.3 is 15.2 Å². The van der Waals surface area contributed by atoms with Crippen LogP contribution in [0.1, 0.15) is 44.1 Å². The van der Waals surface area contributed by atoms with Gasteiger partial charge in [-0.25, -0.2) is 0 Å². The third kappa shape index (κ3) is 5.63. The van der Waals surface area contributed by atoms with Gasteiger partial charge in [0.2, 0.25) is 5.91 Å².